The van der Waals surface area contributed by atoms with Crippen LogP contribution in [-0.2, 0) is 6.54 Å². The fraction of sp³-hybridized carbons (Fsp3) is 0.529. The third kappa shape index (κ3) is 3.83. The third-order valence-corrected chi connectivity index (χ3v) is 5.21. The van der Waals surface area contributed by atoms with Gasteiger partial charge < -0.3 is 9.73 Å². The fourth-order valence-electron chi connectivity index (χ4n) is 2.23. The lowest BCUT2D eigenvalue weighted by Crippen LogP contribution is -2.01. The first-order valence-corrected chi connectivity index (χ1v) is 8.87. The molecule has 1 aromatic heterocycles. The Morgan fingerprint density at radius 2 is 2.18 bits per heavy atom. The molecule has 0 spiro atoms. The van der Waals surface area contributed by atoms with Crippen molar-refractivity contribution in [3.63, 3.8) is 0 Å². The second-order valence-corrected chi connectivity index (χ2v) is 7.49. The second-order valence-electron chi connectivity index (χ2n) is 5.98. The maximum Gasteiger partial charge on any atom is 0.235 e. The Labute approximate surface area is 136 Å². The number of nitrogens with one attached hydrogen (secondary N) is 1. The topological polar surface area (TPSA) is 51.0 Å². The smallest absolute Gasteiger partial charge is 0.235 e. The minimum atomic E-state index is 0.514. The molecule has 1 aliphatic carbocycles. The van der Waals surface area contributed by atoms with Crippen LogP contribution in [0.2, 0.25) is 0 Å². The number of aryl methyl sites for hydroxylation is 1. The van der Waals surface area contributed by atoms with E-state index in [-0.39, 0.29) is 0 Å². The Bertz CT molecular complexity index is 637. The number of anilines is 1. The first-order valence-electron chi connectivity index (χ1n) is 7.99. The Kier molecular flexibility index (Phi) is 4.71. The van der Waals surface area contributed by atoms with Crippen LogP contribution in [0.5, 0.6) is 0 Å². The van der Waals surface area contributed by atoms with E-state index in [0.29, 0.717) is 23.6 Å². The Morgan fingerprint density at radius 3 is 2.86 bits per heavy atom. The van der Waals surface area contributed by atoms with Crippen molar-refractivity contribution in [1.29, 1.82) is 0 Å². The van der Waals surface area contributed by atoms with Gasteiger partial charge in [0, 0.05) is 21.8 Å². The molecule has 1 fully saturated rings. The molecule has 3 rings (SSSR count). The van der Waals surface area contributed by atoms with Gasteiger partial charge in [-0.1, -0.05) is 13.8 Å². The summed E-state index contributed by atoms with van der Waals surface area (Å²) in [6.45, 7) is 7.20. The molecule has 1 atom stereocenters. The Balaban J connectivity index is 1.59. The summed E-state index contributed by atoms with van der Waals surface area (Å²) in [6.07, 6.45) is 3.55. The quantitative estimate of drug-likeness (QED) is 0.746. The first kappa shape index (κ1) is 15.4. The highest BCUT2D eigenvalue weighted by atomic mass is 32.2. The normalized spacial score (nSPS) is 15.8. The standard InChI is InChI=1S/C17H23N3OS/c1-4-12(3)22-14-7-8-15(11(2)9-14)18-10-16-19-20-17(21-16)13-5-6-13/h7-9,12-13,18H,4-6,10H2,1-3H3. The summed E-state index contributed by atoms with van der Waals surface area (Å²) >= 11 is 1.93. The Morgan fingerprint density at radius 1 is 1.36 bits per heavy atom. The van der Waals surface area contributed by atoms with Crippen LogP contribution in [0.25, 0.3) is 0 Å². The average Bonchev–Trinajstić information content (AvgIpc) is 3.25. The van der Waals surface area contributed by atoms with Crippen molar-refractivity contribution in [3.8, 4) is 0 Å². The number of thioether (sulfide) groups is 1. The summed E-state index contributed by atoms with van der Waals surface area (Å²) in [5.41, 5.74) is 2.37. The molecule has 118 valence electrons. The molecule has 0 amide bonds. The zero-order chi connectivity index (χ0) is 15.5. The van der Waals surface area contributed by atoms with Crippen LogP contribution in [0, 0.1) is 6.92 Å². The molecule has 1 N–H and O–H groups in total. The van der Waals surface area contributed by atoms with Gasteiger partial charge in [0.05, 0.1) is 6.54 Å². The zero-order valence-electron chi connectivity index (χ0n) is 13.4. The highest BCUT2D eigenvalue weighted by Gasteiger charge is 2.29. The van der Waals surface area contributed by atoms with E-state index in [1.165, 1.54) is 29.7 Å². The molecule has 0 radical (unpaired) electrons. The van der Waals surface area contributed by atoms with Crippen LogP contribution in [0.3, 0.4) is 0 Å². The van der Waals surface area contributed by atoms with Gasteiger partial charge in [-0.2, -0.15) is 0 Å². The van der Waals surface area contributed by atoms with E-state index in [1.807, 2.05) is 11.8 Å². The number of hydrogen-bond acceptors (Lipinski definition) is 5. The van der Waals surface area contributed by atoms with Crippen molar-refractivity contribution in [2.24, 2.45) is 0 Å². The first-order chi connectivity index (χ1) is 10.7. The van der Waals surface area contributed by atoms with Crippen LogP contribution < -0.4 is 5.32 Å². The molecular formula is C17H23N3OS. The van der Waals surface area contributed by atoms with Gasteiger partial charge in [0.25, 0.3) is 0 Å². The van der Waals surface area contributed by atoms with Gasteiger partial charge >= 0.3 is 0 Å². The van der Waals surface area contributed by atoms with Gasteiger partial charge in [-0.05, 0) is 49.9 Å². The van der Waals surface area contributed by atoms with Gasteiger partial charge in [-0.3, -0.25) is 0 Å². The van der Waals surface area contributed by atoms with Crippen LogP contribution >= 0.6 is 11.8 Å². The molecule has 1 saturated carbocycles. The molecule has 2 aromatic rings. The summed E-state index contributed by atoms with van der Waals surface area (Å²) in [6, 6.07) is 6.55. The van der Waals surface area contributed by atoms with Gasteiger partial charge in [0.2, 0.25) is 11.8 Å². The van der Waals surface area contributed by atoms with E-state index in [2.05, 4.69) is 54.5 Å². The van der Waals surface area contributed by atoms with Crippen LogP contribution in [0.4, 0.5) is 5.69 Å². The van der Waals surface area contributed by atoms with Crippen LogP contribution in [0.1, 0.15) is 56.4 Å². The summed E-state index contributed by atoms with van der Waals surface area (Å²) < 4.78 is 5.67. The summed E-state index contributed by atoms with van der Waals surface area (Å²) in [5, 5.41) is 12.3. The number of nitrogens with zero attached hydrogens (tertiary/aromatic N) is 2. The fourth-order valence-corrected chi connectivity index (χ4v) is 3.25. The molecule has 22 heavy (non-hydrogen) atoms. The van der Waals surface area contributed by atoms with E-state index in [0.717, 1.165) is 11.6 Å². The maximum absolute atomic E-state index is 5.67. The molecule has 1 heterocycles. The van der Waals surface area contributed by atoms with E-state index >= 15 is 0 Å². The van der Waals surface area contributed by atoms with Gasteiger partial charge in [0.15, 0.2) is 0 Å². The molecule has 1 unspecified atom stereocenters. The predicted octanol–water partition coefficient (Wildman–Crippen LogP) is 4.76. The van der Waals surface area contributed by atoms with Gasteiger partial charge in [-0.15, -0.1) is 22.0 Å². The second kappa shape index (κ2) is 6.73. The third-order valence-electron chi connectivity index (χ3n) is 3.95. The molecule has 0 bridgehead atoms. The molecule has 1 aromatic carbocycles. The van der Waals surface area contributed by atoms with Gasteiger partial charge in [0.1, 0.15) is 0 Å². The largest absolute Gasteiger partial charge is 0.423 e. The van der Waals surface area contributed by atoms with E-state index < -0.39 is 0 Å². The molecular weight excluding hydrogens is 294 g/mol. The summed E-state index contributed by atoms with van der Waals surface area (Å²) in [5.74, 6) is 1.98. The lowest BCUT2D eigenvalue weighted by atomic mass is 10.2. The van der Waals surface area contributed by atoms with E-state index in [4.69, 9.17) is 4.42 Å². The SMILES string of the molecule is CCC(C)Sc1ccc(NCc2nnc(C3CC3)o2)c(C)c1. The van der Waals surface area contributed by atoms with Crippen molar-refractivity contribution in [3.05, 3.63) is 35.5 Å². The van der Waals surface area contributed by atoms with Crippen molar-refractivity contribution >= 4 is 17.4 Å². The minimum absolute atomic E-state index is 0.514. The highest BCUT2D eigenvalue weighted by molar-refractivity contribution is 7.99. The molecule has 0 aliphatic heterocycles. The average molecular weight is 317 g/mol. The van der Waals surface area contributed by atoms with E-state index in [1.54, 1.807) is 0 Å². The maximum atomic E-state index is 5.67. The van der Waals surface area contributed by atoms with Crippen molar-refractivity contribution in [2.45, 2.75) is 62.6 Å². The van der Waals surface area contributed by atoms with Crippen molar-refractivity contribution < 1.29 is 4.42 Å². The Hall–Kier alpha value is -1.49. The minimum Gasteiger partial charge on any atom is -0.423 e. The van der Waals surface area contributed by atoms with Gasteiger partial charge in [-0.25, -0.2) is 0 Å². The molecule has 0 saturated heterocycles. The van der Waals surface area contributed by atoms with Crippen molar-refractivity contribution in [2.75, 3.05) is 5.32 Å². The molecule has 4 nitrogen and oxygen atoms in total. The molecule has 5 heteroatoms. The number of rotatable bonds is 7. The highest BCUT2D eigenvalue weighted by Crippen LogP contribution is 2.39. The lowest BCUT2D eigenvalue weighted by Gasteiger charge is -2.12. The molecule has 1 aliphatic rings. The number of hydrogen-bond donors (Lipinski definition) is 1. The van der Waals surface area contributed by atoms with Crippen LogP contribution in [0.15, 0.2) is 27.5 Å². The van der Waals surface area contributed by atoms with Crippen molar-refractivity contribution in [1.82, 2.24) is 10.2 Å². The lowest BCUT2D eigenvalue weighted by molar-refractivity contribution is 0.457. The summed E-state index contributed by atoms with van der Waals surface area (Å²) in [4.78, 5) is 1.33. The van der Waals surface area contributed by atoms with Crippen LogP contribution in [-0.4, -0.2) is 15.4 Å². The predicted molar refractivity (Wildman–Crippen MR) is 90.4 cm³/mol. The summed E-state index contributed by atoms with van der Waals surface area (Å²) in [7, 11) is 0. The number of benzene rings is 1. The zero-order valence-corrected chi connectivity index (χ0v) is 14.2. The van der Waals surface area contributed by atoms with E-state index in [9.17, 15) is 0 Å². The number of aromatic nitrogens is 2. The monoisotopic (exact) mass is 317 g/mol.